The van der Waals surface area contributed by atoms with Crippen LogP contribution in [0.15, 0.2) is 24.3 Å². The van der Waals surface area contributed by atoms with Crippen molar-refractivity contribution < 1.29 is 9.53 Å². The third-order valence-electron chi connectivity index (χ3n) is 7.62. The van der Waals surface area contributed by atoms with Gasteiger partial charge in [0.25, 0.3) is 0 Å². The van der Waals surface area contributed by atoms with E-state index in [4.69, 9.17) is 15.9 Å². The maximum atomic E-state index is 11.3. The number of hydrogen-bond acceptors (Lipinski definition) is 4. The molecule has 0 spiro atoms. The molecule has 6 nitrogen and oxygen atoms in total. The second kappa shape index (κ2) is 9.43. The Morgan fingerprint density at radius 1 is 1.13 bits per heavy atom. The van der Waals surface area contributed by atoms with E-state index in [1.54, 1.807) is 0 Å². The Balaban J connectivity index is 1.51. The summed E-state index contributed by atoms with van der Waals surface area (Å²) in [6.45, 7) is 7.03. The number of rotatable bonds is 6. The summed E-state index contributed by atoms with van der Waals surface area (Å²) in [6.07, 6.45) is 8.13. The first-order chi connectivity index (χ1) is 15.0. The molecular formula is C25H36N4O2. The highest BCUT2D eigenvalue weighted by atomic mass is 16.5. The summed E-state index contributed by atoms with van der Waals surface area (Å²) in [5.41, 5.74) is 8.07. The highest BCUT2D eigenvalue weighted by Gasteiger charge is 2.31. The van der Waals surface area contributed by atoms with E-state index in [0.29, 0.717) is 6.04 Å². The van der Waals surface area contributed by atoms with Gasteiger partial charge < -0.3 is 25.3 Å². The number of amides is 1. The third kappa shape index (κ3) is 4.49. The predicted molar refractivity (Wildman–Crippen MR) is 125 cm³/mol. The third-order valence-corrected chi connectivity index (χ3v) is 7.62. The van der Waals surface area contributed by atoms with E-state index in [0.717, 1.165) is 66.0 Å². The summed E-state index contributed by atoms with van der Waals surface area (Å²) >= 11 is 0. The number of piperidine rings is 1. The summed E-state index contributed by atoms with van der Waals surface area (Å²) in [6, 6.07) is 9.25. The van der Waals surface area contributed by atoms with E-state index >= 15 is 0 Å². The number of nitrogens with one attached hydrogen (secondary N) is 1. The van der Waals surface area contributed by atoms with Crippen LogP contribution >= 0.6 is 0 Å². The molecule has 1 aliphatic heterocycles. The first-order valence-electron chi connectivity index (χ1n) is 11.8. The number of carbonyl (C=O) groups is 1. The molecule has 0 atom stereocenters. The quantitative estimate of drug-likeness (QED) is 0.634. The lowest BCUT2D eigenvalue weighted by molar-refractivity contribution is 0.0876. The number of fused-ring (bicyclic) bond motifs is 1. The fraction of sp³-hybridized carbons (Fsp3) is 0.600. The normalized spacial score (nSPS) is 23.3. The van der Waals surface area contributed by atoms with Gasteiger partial charge in [0, 0.05) is 47.9 Å². The van der Waals surface area contributed by atoms with Crippen molar-refractivity contribution in [1.29, 1.82) is 5.41 Å². The van der Waals surface area contributed by atoms with E-state index in [1.165, 1.54) is 31.9 Å². The maximum absolute atomic E-state index is 11.3. The lowest BCUT2D eigenvalue weighted by Crippen LogP contribution is -2.44. The van der Waals surface area contributed by atoms with Gasteiger partial charge in [-0.25, -0.2) is 4.79 Å². The number of likely N-dealkylation sites (tertiary alicyclic amines) is 1. The monoisotopic (exact) mass is 424 g/mol. The topological polar surface area (TPSA) is 84.3 Å². The molecule has 0 radical (unpaired) electrons. The van der Waals surface area contributed by atoms with Gasteiger partial charge in [-0.1, -0.05) is 32.0 Å². The van der Waals surface area contributed by atoms with Crippen LogP contribution < -0.4 is 5.73 Å². The number of hydrogen-bond donors (Lipinski definition) is 2. The van der Waals surface area contributed by atoms with E-state index < -0.39 is 6.09 Å². The van der Waals surface area contributed by atoms with Gasteiger partial charge >= 0.3 is 6.09 Å². The zero-order valence-corrected chi connectivity index (χ0v) is 18.8. The van der Waals surface area contributed by atoms with Gasteiger partial charge in [-0.05, 0) is 56.4 Å². The number of para-hydroxylation sites is 1. The molecular weight excluding hydrogens is 388 g/mol. The second-order valence-corrected chi connectivity index (χ2v) is 9.58. The molecule has 2 fully saturated rings. The van der Waals surface area contributed by atoms with Crippen LogP contribution in [0.3, 0.4) is 0 Å². The number of carbonyl (C=O) groups excluding carboxylic acids is 1. The lowest BCUT2D eigenvalue weighted by Gasteiger charge is -2.42. The average Bonchev–Trinajstić information content (AvgIpc) is 3.11. The summed E-state index contributed by atoms with van der Waals surface area (Å²) in [5, 5.41) is 9.01. The number of aromatic nitrogens is 1. The molecule has 2 aliphatic rings. The van der Waals surface area contributed by atoms with Crippen LogP contribution in [0.25, 0.3) is 10.9 Å². The van der Waals surface area contributed by atoms with Crippen molar-refractivity contribution in [2.75, 3.05) is 13.1 Å². The molecule has 1 saturated carbocycles. The molecule has 1 aromatic carbocycles. The number of nitrogens with two attached hydrogens (primary N) is 1. The van der Waals surface area contributed by atoms with Crippen LogP contribution in [0.1, 0.15) is 69.7 Å². The molecule has 6 heteroatoms. The molecule has 2 heterocycles. The fourth-order valence-corrected chi connectivity index (χ4v) is 5.85. The Labute approximate surface area is 185 Å². The predicted octanol–water partition coefficient (Wildman–Crippen LogP) is 5.09. The molecule has 1 aliphatic carbocycles. The Bertz CT molecular complexity index is 919. The Morgan fingerprint density at radius 2 is 1.81 bits per heavy atom. The van der Waals surface area contributed by atoms with Crippen LogP contribution in [0.5, 0.6) is 0 Å². The Hall–Kier alpha value is -2.34. The van der Waals surface area contributed by atoms with Crippen molar-refractivity contribution in [3.05, 3.63) is 35.5 Å². The highest BCUT2D eigenvalue weighted by molar-refractivity contribution is 6.00. The van der Waals surface area contributed by atoms with Gasteiger partial charge in [-0.3, -0.25) is 0 Å². The van der Waals surface area contributed by atoms with Gasteiger partial charge in [0.15, 0.2) is 0 Å². The fourth-order valence-electron chi connectivity index (χ4n) is 5.85. The first-order valence-corrected chi connectivity index (χ1v) is 11.8. The molecule has 0 unspecified atom stereocenters. The van der Waals surface area contributed by atoms with Gasteiger partial charge in [0.1, 0.15) is 6.61 Å². The van der Waals surface area contributed by atoms with E-state index in [1.807, 2.05) is 18.2 Å². The summed E-state index contributed by atoms with van der Waals surface area (Å²) in [4.78, 5) is 14.0. The zero-order chi connectivity index (χ0) is 22.0. The van der Waals surface area contributed by atoms with Crippen LogP contribution in [-0.4, -0.2) is 40.9 Å². The largest absolute Gasteiger partial charge is 0.443 e. The van der Waals surface area contributed by atoms with E-state index in [9.17, 15) is 4.79 Å². The van der Waals surface area contributed by atoms with Gasteiger partial charge in [-0.15, -0.1) is 0 Å². The molecule has 1 saturated heterocycles. The molecule has 0 bridgehead atoms. The molecule has 168 valence electrons. The summed E-state index contributed by atoms with van der Waals surface area (Å²) in [7, 11) is 0. The first kappa shape index (κ1) is 21.9. The van der Waals surface area contributed by atoms with Crippen molar-refractivity contribution in [3.8, 4) is 0 Å². The van der Waals surface area contributed by atoms with Gasteiger partial charge in [0.05, 0.1) is 5.69 Å². The highest BCUT2D eigenvalue weighted by Crippen LogP contribution is 2.37. The second-order valence-electron chi connectivity index (χ2n) is 9.58. The van der Waals surface area contributed by atoms with E-state index in [-0.39, 0.29) is 6.61 Å². The van der Waals surface area contributed by atoms with Crippen molar-refractivity contribution in [2.24, 2.45) is 17.6 Å². The molecule has 31 heavy (non-hydrogen) atoms. The van der Waals surface area contributed by atoms with E-state index in [2.05, 4.69) is 29.4 Å². The van der Waals surface area contributed by atoms with Crippen molar-refractivity contribution in [1.82, 2.24) is 9.47 Å². The maximum Gasteiger partial charge on any atom is 0.404 e. The van der Waals surface area contributed by atoms with Crippen LogP contribution in [0.2, 0.25) is 0 Å². The molecule has 3 N–H and O–H groups in total. The van der Waals surface area contributed by atoms with Crippen molar-refractivity contribution in [3.63, 3.8) is 0 Å². The van der Waals surface area contributed by atoms with Crippen molar-refractivity contribution >= 4 is 23.2 Å². The number of ether oxygens (including phenoxy) is 1. The molecule has 1 amide bonds. The van der Waals surface area contributed by atoms with Gasteiger partial charge in [-0.2, -0.15) is 0 Å². The lowest BCUT2D eigenvalue weighted by atomic mass is 9.79. The minimum atomic E-state index is -0.778. The van der Waals surface area contributed by atoms with Crippen LogP contribution in [0, 0.1) is 17.2 Å². The summed E-state index contributed by atoms with van der Waals surface area (Å²) in [5.74, 6) is 1.70. The number of nitrogens with zero attached hydrogens (tertiary/aromatic N) is 2. The smallest absolute Gasteiger partial charge is 0.404 e. The Kier molecular flexibility index (Phi) is 6.65. The molecule has 1 aromatic heterocycles. The average molecular weight is 425 g/mol. The van der Waals surface area contributed by atoms with Crippen LogP contribution in [0.4, 0.5) is 4.79 Å². The Morgan fingerprint density at radius 3 is 2.42 bits per heavy atom. The minimum Gasteiger partial charge on any atom is -0.443 e. The SMILES string of the molecule is CC(C)[C@H]1CC[C@@H](N2CCC(n3c(COC(N)=O)c(C=N)c4ccccc43)CC2)CC1. The van der Waals surface area contributed by atoms with Crippen LogP contribution in [-0.2, 0) is 11.3 Å². The minimum absolute atomic E-state index is 0.105. The van der Waals surface area contributed by atoms with Crippen molar-refractivity contribution in [2.45, 2.75) is 71.1 Å². The van der Waals surface area contributed by atoms with Gasteiger partial charge in [0.2, 0.25) is 0 Å². The molecule has 2 aromatic rings. The molecule has 4 rings (SSSR count). The standard InChI is InChI=1S/C25H36N4O2/c1-17(2)18-7-9-19(10-8-18)28-13-11-20(12-14-28)29-23-6-4-3-5-21(23)22(15-26)24(29)16-31-25(27)30/h3-6,15,17-20,26H,7-14,16H2,1-2H3,(H2,27,30)/t18-,19+. The number of primary amides is 1. The number of benzene rings is 1. The zero-order valence-electron chi connectivity index (χ0n) is 18.8. The summed E-state index contributed by atoms with van der Waals surface area (Å²) < 4.78 is 7.49.